The van der Waals surface area contributed by atoms with Gasteiger partial charge in [0.15, 0.2) is 0 Å². The van der Waals surface area contributed by atoms with Gasteiger partial charge in [0, 0.05) is 17.1 Å². The highest BCUT2D eigenvalue weighted by Gasteiger charge is 2.28. The Labute approximate surface area is 102 Å². The van der Waals surface area contributed by atoms with E-state index >= 15 is 0 Å². The van der Waals surface area contributed by atoms with Crippen LogP contribution in [-0.2, 0) is 0 Å². The Hall–Kier alpha value is -0.510. The summed E-state index contributed by atoms with van der Waals surface area (Å²) in [5.41, 5.74) is -1.68. The highest BCUT2D eigenvalue weighted by Crippen LogP contribution is 2.27. The normalized spacial score (nSPS) is 15.8. The van der Waals surface area contributed by atoms with Gasteiger partial charge in [-0.3, -0.25) is 0 Å². The van der Waals surface area contributed by atoms with Gasteiger partial charge in [0.2, 0.25) is 0 Å². The second-order valence-electron chi connectivity index (χ2n) is 5.09. The van der Waals surface area contributed by atoms with Crippen molar-refractivity contribution in [1.82, 2.24) is 0 Å². The average Bonchev–Trinajstić information content (AvgIpc) is 2.13. The SMILES string of the molecule is CC(C)(O)C[C@@](C)(O)CSc1ccccc1. The van der Waals surface area contributed by atoms with Crippen molar-refractivity contribution < 1.29 is 10.2 Å². The third kappa shape index (κ3) is 5.54. The van der Waals surface area contributed by atoms with Crippen LogP contribution in [0.25, 0.3) is 0 Å². The van der Waals surface area contributed by atoms with Gasteiger partial charge in [0.1, 0.15) is 0 Å². The minimum absolute atomic E-state index is 0.375. The zero-order valence-corrected chi connectivity index (χ0v) is 10.9. The first-order valence-corrected chi connectivity index (χ1v) is 6.40. The van der Waals surface area contributed by atoms with Crippen LogP contribution in [-0.4, -0.2) is 27.2 Å². The summed E-state index contributed by atoms with van der Waals surface area (Å²) in [7, 11) is 0. The lowest BCUT2D eigenvalue weighted by Gasteiger charge is -2.29. The van der Waals surface area contributed by atoms with E-state index in [1.807, 2.05) is 30.3 Å². The fraction of sp³-hybridized carbons (Fsp3) is 0.538. The van der Waals surface area contributed by atoms with E-state index in [2.05, 4.69) is 0 Å². The van der Waals surface area contributed by atoms with Crippen LogP contribution in [0.15, 0.2) is 35.2 Å². The van der Waals surface area contributed by atoms with Gasteiger partial charge in [-0.15, -0.1) is 11.8 Å². The Morgan fingerprint density at radius 1 is 1.06 bits per heavy atom. The van der Waals surface area contributed by atoms with Crippen LogP contribution in [0.4, 0.5) is 0 Å². The summed E-state index contributed by atoms with van der Waals surface area (Å²) in [5.74, 6) is 0.584. The monoisotopic (exact) mass is 240 g/mol. The van der Waals surface area contributed by atoms with Gasteiger partial charge >= 0.3 is 0 Å². The topological polar surface area (TPSA) is 40.5 Å². The van der Waals surface area contributed by atoms with Crippen LogP contribution in [0.2, 0.25) is 0 Å². The highest BCUT2D eigenvalue weighted by atomic mass is 32.2. The quantitative estimate of drug-likeness (QED) is 0.777. The third-order valence-corrected chi connectivity index (χ3v) is 3.48. The number of benzene rings is 1. The maximum Gasteiger partial charge on any atom is 0.0740 e. The molecule has 0 amide bonds. The first-order chi connectivity index (χ1) is 7.29. The molecule has 0 aliphatic carbocycles. The molecule has 0 aliphatic rings. The summed E-state index contributed by atoms with van der Waals surface area (Å²) >= 11 is 1.61. The van der Waals surface area contributed by atoms with Crippen LogP contribution in [0.1, 0.15) is 27.2 Å². The van der Waals surface area contributed by atoms with E-state index in [0.29, 0.717) is 12.2 Å². The van der Waals surface area contributed by atoms with Gasteiger partial charge in [-0.2, -0.15) is 0 Å². The molecule has 2 nitrogen and oxygen atoms in total. The summed E-state index contributed by atoms with van der Waals surface area (Å²) in [5, 5.41) is 19.8. The van der Waals surface area contributed by atoms with Gasteiger partial charge in [-0.05, 0) is 32.9 Å². The van der Waals surface area contributed by atoms with Crippen LogP contribution in [0.3, 0.4) is 0 Å². The molecule has 0 saturated heterocycles. The minimum Gasteiger partial charge on any atom is -0.390 e. The lowest BCUT2D eigenvalue weighted by atomic mass is 9.93. The molecule has 1 atom stereocenters. The van der Waals surface area contributed by atoms with E-state index in [0.717, 1.165) is 4.90 Å². The summed E-state index contributed by atoms with van der Waals surface area (Å²) in [6.07, 6.45) is 0.375. The molecule has 1 aromatic rings. The maximum absolute atomic E-state index is 10.1. The first-order valence-electron chi connectivity index (χ1n) is 5.41. The van der Waals surface area contributed by atoms with Crippen LogP contribution >= 0.6 is 11.8 Å². The van der Waals surface area contributed by atoms with Crippen molar-refractivity contribution in [2.24, 2.45) is 0 Å². The zero-order chi connectivity index (χ0) is 12.2. The fourth-order valence-electron chi connectivity index (χ4n) is 1.74. The Balaban J connectivity index is 2.48. The minimum atomic E-state index is -0.848. The van der Waals surface area contributed by atoms with Gasteiger partial charge in [-0.1, -0.05) is 18.2 Å². The second-order valence-corrected chi connectivity index (χ2v) is 6.14. The maximum atomic E-state index is 10.1. The zero-order valence-electron chi connectivity index (χ0n) is 10.1. The van der Waals surface area contributed by atoms with Crippen LogP contribution in [0, 0.1) is 0 Å². The molecule has 3 heteroatoms. The molecule has 90 valence electrons. The third-order valence-electron chi connectivity index (χ3n) is 2.11. The van der Waals surface area contributed by atoms with Crippen molar-refractivity contribution in [2.75, 3.05) is 5.75 Å². The summed E-state index contributed by atoms with van der Waals surface area (Å²) in [6, 6.07) is 9.97. The second kappa shape index (κ2) is 5.21. The Bertz CT molecular complexity index is 314. The summed E-state index contributed by atoms with van der Waals surface area (Å²) in [6.45, 7) is 5.20. The van der Waals surface area contributed by atoms with Gasteiger partial charge in [-0.25, -0.2) is 0 Å². The van der Waals surface area contributed by atoms with E-state index in [1.54, 1.807) is 32.5 Å². The number of aliphatic hydroxyl groups is 2. The fourth-order valence-corrected chi connectivity index (χ4v) is 2.67. The van der Waals surface area contributed by atoms with Crippen LogP contribution in [0.5, 0.6) is 0 Å². The van der Waals surface area contributed by atoms with E-state index in [9.17, 15) is 10.2 Å². The standard InChI is InChI=1S/C13H20O2S/c1-12(2,14)9-13(3,15)10-16-11-7-5-4-6-8-11/h4-8,14-15H,9-10H2,1-3H3/t13-/m1/s1. The molecule has 0 heterocycles. The van der Waals surface area contributed by atoms with Crippen molar-refractivity contribution in [3.8, 4) is 0 Å². The van der Waals surface area contributed by atoms with Crippen molar-refractivity contribution >= 4 is 11.8 Å². The lowest BCUT2D eigenvalue weighted by molar-refractivity contribution is -0.0217. The van der Waals surface area contributed by atoms with Crippen molar-refractivity contribution in [2.45, 2.75) is 43.3 Å². The van der Waals surface area contributed by atoms with E-state index in [4.69, 9.17) is 0 Å². The van der Waals surface area contributed by atoms with E-state index in [1.165, 1.54) is 0 Å². The number of hydrogen-bond acceptors (Lipinski definition) is 3. The first kappa shape index (κ1) is 13.6. The Morgan fingerprint density at radius 2 is 1.62 bits per heavy atom. The van der Waals surface area contributed by atoms with E-state index in [-0.39, 0.29) is 0 Å². The summed E-state index contributed by atoms with van der Waals surface area (Å²) < 4.78 is 0. The molecule has 0 aliphatic heterocycles. The number of thioether (sulfide) groups is 1. The molecular weight excluding hydrogens is 220 g/mol. The molecule has 0 spiro atoms. The number of hydrogen-bond donors (Lipinski definition) is 2. The molecular formula is C13H20O2S. The molecule has 0 bridgehead atoms. The smallest absolute Gasteiger partial charge is 0.0740 e. The molecule has 1 aromatic carbocycles. The molecule has 2 N–H and O–H groups in total. The number of rotatable bonds is 5. The molecule has 0 radical (unpaired) electrons. The van der Waals surface area contributed by atoms with Crippen molar-refractivity contribution in [3.63, 3.8) is 0 Å². The predicted octanol–water partition coefficient (Wildman–Crippen LogP) is 2.69. The molecule has 0 aromatic heterocycles. The predicted molar refractivity (Wildman–Crippen MR) is 68.7 cm³/mol. The van der Waals surface area contributed by atoms with Gasteiger partial charge < -0.3 is 10.2 Å². The molecule has 0 unspecified atom stereocenters. The van der Waals surface area contributed by atoms with Crippen molar-refractivity contribution in [1.29, 1.82) is 0 Å². The van der Waals surface area contributed by atoms with E-state index < -0.39 is 11.2 Å². The largest absolute Gasteiger partial charge is 0.390 e. The molecule has 0 fully saturated rings. The molecule has 1 rings (SSSR count). The highest BCUT2D eigenvalue weighted by molar-refractivity contribution is 7.99. The van der Waals surface area contributed by atoms with Crippen LogP contribution < -0.4 is 0 Å². The average molecular weight is 240 g/mol. The molecule has 0 saturated carbocycles. The van der Waals surface area contributed by atoms with Gasteiger partial charge in [0.25, 0.3) is 0 Å². The molecule has 16 heavy (non-hydrogen) atoms. The summed E-state index contributed by atoms with van der Waals surface area (Å²) in [4.78, 5) is 1.14. The lowest BCUT2D eigenvalue weighted by Crippen LogP contribution is -2.37. The Morgan fingerprint density at radius 3 is 2.12 bits per heavy atom. The van der Waals surface area contributed by atoms with Gasteiger partial charge in [0.05, 0.1) is 11.2 Å². The van der Waals surface area contributed by atoms with Crippen molar-refractivity contribution in [3.05, 3.63) is 30.3 Å². The Kier molecular flexibility index (Phi) is 4.42.